The standard InChI is InChI=1S/C30H39N3O8/c1-19(2)16-24(29(38)33-41)28(37)32-25(17-27(35)36)26(34)10-4-3-7-15-31-18-20-11-13-21(14-12-20)22-8-5-6-9-23(22)30(39)40/h5-6,8-9,11-14,19,24-25,31,41H,3-4,7,10,15-18H2,1-2H3,(H,32,37)(H,33,38)(H,35,36)(H,39,40)/t24?,25-/m1/s1. The number of amides is 2. The fourth-order valence-corrected chi connectivity index (χ4v) is 4.43. The molecule has 0 spiro atoms. The molecule has 0 saturated carbocycles. The van der Waals surface area contributed by atoms with Gasteiger partial charge in [-0.15, -0.1) is 0 Å². The van der Waals surface area contributed by atoms with Gasteiger partial charge in [-0.25, -0.2) is 10.3 Å². The molecule has 2 aromatic rings. The van der Waals surface area contributed by atoms with E-state index in [1.54, 1.807) is 38.1 Å². The number of benzene rings is 2. The molecule has 0 aromatic heterocycles. The van der Waals surface area contributed by atoms with Gasteiger partial charge in [0.2, 0.25) is 5.91 Å². The average molecular weight is 570 g/mol. The number of carboxylic acids is 2. The molecule has 0 aliphatic carbocycles. The zero-order valence-corrected chi connectivity index (χ0v) is 23.4. The fourth-order valence-electron chi connectivity index (χ4n) is 4.43. The van der Waals surface area contributed by atoms with Crippen molar-refractivity contribution in [2.45, 2.75) is 65.0 Å². The maximum absolute atomic E-state index is 12.7. The van der Waals surface area contributed by atoms with Crippen LogP contribution in [0.3, 0.4) is 0 Å². The number of ketones is 1. The molecule has 0 bridgehead atoms. The van der Waals surface area contributed by atoms with Crippen LogP contribution in [0.1, 0.15) is 68.3 Å². The van der Waals surface area contributed by atoms with Crippen molar-refractivity contribution in [2.75, 3.05) is 6.54 Å². The normalized spacial score (nSPS) is 12.4. The number of aliphatic carboxylic acids is 1. The molecule has 0 heterocycles. The van der Waals surface area contributed by atoms with Crippen LogP contribution in [-0.4, -0.2) is 57.5 Å². The summed E-state index contributed by atoms with van der Waals surface area (Å²) in [6, 6.07) is 13.2. The molecule has 0 radical (unpaired) electrons. The van der Waals surface area contributed by atoms with E-state index >= 15 is 0 Å². The quantitative estimate of drug-likeness (QED) is 0.0678. The Balaban J connectivity index is 1.77. The molecular formula is C30H39N3O8. The van der Waals surface area contributed by atoms with Gasteiger partial charge in [-0.2, -0.15) is 0 Å². The predicted octanol–water partition coefficient (Wildman–Crippen LogP) is 3.40. The van der Waals surface area contributed by atoms with E-state index in [1.807, 2.05) is 24.3 Å². The zero-order valence-electron chi connectivity index (χ0n) is 23.4. The third-order valence-corrected chi connectivity index (χ3v) is 6.56. The summed E-state index contributed by atoms with van der Waals surface area (Å²) in [6.07, 6.45) is 1.61. The van der Waals surface area contributed by atoms with E-state index in [9.17, 15) is 34.2 Å². The summed E-state index contributed by atoms with van der Waals surface area (Å²) in [7, 11) is 0. The molecule has 2 amide bonds. The van der Waals surface area contributed by atoms with Crippen molar-refractivity contribution >= 4 is 29.5 Å². The predicted molar refractivity (Wildman–Crippen MR) is 151 cm³/mol. The Morgan fingerprint density at radius 1 is 0.854 bits per heavy atom. The van der Waals surface area contributed by atoms with Crippen molar-refractivity contribution in [3.8, 4) is 11.1 Å². The average Bonchev–Trinajstić information content (AvgIpc) is 2.94. The minimum absolute atomic E-state index is 0.0500. The van der Waals surface area contributed by atoms with Gasteiger partial charge in [0, 0.05) is 13.0 Å². The Hall–Kier alpha value is -4.09. The number of aromatic carboxylic acids is 1. The first kappa shape index (κ1) is 33.1. The Labute approximate surface area is 239 Å². The highest BCUT2D eigenvalue weighted by molar-refractivity contribution is 6.02. The van der Waals surface area contributed by atoms with Crippen LogP contribution in [0.4, 0.5) is 0 Å². The summed E-state index contributed by atoms with van der Waals surface area (Å²) < 4.78 is 0. The Kier molecular flexibility index (Phi) is 13.6. The second-order valence-electron chi connectivity index (χ2n) is 10.3. The summed E-state index contributed by atoms with van der Waals surface area (Å²) in [5.74, 6) is -5.65. The van der Waals surface area contributed by atoms with E-state index in [-0.39, 0.29) is 24.3 Å². The van der Waals surface area contributed by atoms with Crippen LogP contribution >= 0.6 is 0 Å². The molecule has 0 fully saturated rings. The number of carbonyl (C=O) groups is 5. The smallest absolute Gasteiger partial charge is 0.336 e. The van der Waals surface area contributed by atoms with Crippen molar-refractivity contribution in [2.24, 2.45) is 11.8 Å². The maximum atomic E-state index is 12.7. The molecule has 6 N–H and O–H groups in total. The highest BCUT2D eigenvalue weighted by Crippen LogP contribution is 2.24. The summed E-state index contributed by atoms with van der Waals surface area (Å²) in [5.41, 5.74) is 4.21. The SMILES string of the molecule is CC(C)CC(C(=O)NO)C(=O)N[C@H](CC(=O)O)C(=O)CCCCCNCc1ccc(-c2ccccc2C(=O)O)cc1. The molecule has 11 nitrogen and oxygen atoms in total. The van der Waals surface area contributed by atoms with Gasteiger partial charge in [-0.1, -0.05) is 62.7 Å². The Bertz CT molecular complexity index is 1200. The summed E-state index contributed by atoms with van der Waals surface area (Å²) in [6.45, 7) is 4.89. The molecular weight excluding hydrogens is 530 g/mol. The third-order valence-electron chi connectivity index (χ3n) is 6.56. The lowest BCUT2D eigenvalue weighted by Crippen LogP contribution is -2.48. The van der Waals surface area contributed by atoms with Crippen LogP contribution in [0.15, 0.2) is 48.5 Å². The van der Waals surface area contributed by atoms with Crippen molar-refractivity contribution < 1.29 is 39.4 Å². The molecule has 2 rings (SSSR count). The molecule has 0 saturated heterocycles. The number of carbonyl (C=O) groups excluding carboxylic acids is 3. The van der Waals surface area contributed by atoms with Gasteiger partial charge >= 0.3 is 11.9 Å². The molecule has 41 heavy (non-hydrogen) atoms. The van der Waals surface area contributed by atoms with Gasteiger partial charge < -0.3 is 20.8 Å². The zero-order chi connectivity index (χ0) is 30.4. The maximum Gasteiger partial charge on any atom is 0.336 e. The minimum atomic E-state index is -1.26. The van der Waals surface area contributed by atoms with Gasteiger partial charge in [0.25, 0.3) is 5.91 Å². The van der Waals surface area contributed by atoms with E-state index in [2.05, 4.69) is 10.6 Å². The van der Waals surface area contributed by atoms with Gasteiger partial charge in [-0.3, -0.25) is 24.4 Å². The number of hydrogen-bond acceptors (Lipinski definition) is 7. The second-order valence-corrected chi connectivity index (χ2v) is 10.3. The number of rotatable bonds is 18. The molecule has 2 aromatic carbocycles. The first-order valence-electron chi connectivity index (χ1n) is 13.6. The minimum Gasteiger partial charge on any atom is -0.481 e. The number of carboxylic acid groups (broad SMARTS) is 2. The van der Waals surface area contributed by atoms with Gasteiger partial charge in [0.1, 0.15) is 5.92 Å². The first-order chi connectivity index (χ1) is 19.5. The van der Waals surface area contributed by atoms with Crippen LogP contribution in [0.25, 0.3) is 11.1 Å². The van der Waals surface area contributed by atoms with E-state index in [4.69, 9.17) is 5.21 Å². The molecule has 2 atom stereocenters. The number of nitrogens with one attached hydrogen (secondary N) is 3. The molecule has 11 heteroatoms. The summed E-state index contributed by atoms with van der Waals surface area (Å²) in [5, 5.41) is 33.3. The molecule has 0 aliphatic rings. The van der Waals surface area contributed by atoms with Crippen LogP contribution in [0.2, 0.25) is 0 Å². The molecule has 0 aliphatic heterocycles. The molecule has 1 unspecified atom stereocenters. The summed E-state index contributed by atoms with van der Waals surface area (Å²) in [4.78, 5) is 59.9. The third kappa shape index (κ3) is 11.1. The number of unbranched alkanes of at least 4 members (excludes halogenated alkanes) is 2. The van der Waals surface area contributed by atoms with Crippen molar-refractivity contribution in [3.05, 3.63) is 59.7 Å². The lowest BCUT2D eigenvalue weighted by molar-refractivity contribution is -0.143. The first-order valence-corrected chi connectivity index (χ1v) is 13.6. The van der Waals surface area contributed by atoms with Crippen molar-refractivity contribution in [1.82, 2.24) is 16.1 Å². The Morgan fingerprint density at radius 2 is 1.54 bits per heavy atom. The van der Waals surface area contributed by atoms with Gasteiger partial charge in [0.05, 0.1) is 18.0 Å². The number of Topliss-reactive ketones (excluding diaryl/α,β-unsaturated/α-hetero) is 1. The van der Waals surface area contributed by atoms with Gasteiger partial charge in [0.15, 0.2) is 5.78 Å². The highest BCUT2D eigenvalue weighted by Gasteiger charge is 2.31. The van der Waals surface area contributed by atoms with Crippen molar-refractivity contribution in [3.63, 3.8) is 0 Å². The van der Waals surface area contributed by atoms with E-state index < -0.39 is 47.9 Å². The monoisotopic (exact) mass is 569 g/mol. The lowest BCUT2D eigenvalue weighted by Gasteiger charge is -2.21. The van der Waals surface area contributed by atoms with E-state index in [0.29, 0.717) is 31.5 Å². The summed E-state index contributed by atoms with van der Waals surface area (Å²) >= 11 is 0. The van der Waals surface area contributed by atoms with E-state index in [1.165, 1.54) is 5.48 Å². The highest BCUT2D eigenvalue weighted by atomic mass is 16.5. The molecule has 222 valence electrons. The largest absolute Gasteiger partial charge is 0.481 e. The van der Waals surface area contributed by atoms with Crippen LogP contribution in [0.5, 0.6) is 0 Å². The topological polar surface area (TPSA) is 182 Å². The number of hydrogen-bond donors (Lipinski definition) is 6. The van der Waals surface area contributed by atoms with Gasteiger partial charge in [-0.05, 0) is 54.5 Å². The fraction of sp³-hybridized carbons (Fsp3) is 0.433. The van der Waals surface area contributed by atoms with Crippen LogP contribution in [-0.2, 0) is 25.7 Å². The van der Waals surface area contributed by atoms with Crippen LogP contribution in [0, 0.1) is 11.8 Å². The van der Waals surface area contributed by atoms with Crippen molar-refractivity contribution in [1.29, 1.82) is 0 Å². The van der Waals surface area contributed by atoms with E-state index in [0.717, 1.165) is 17.5 Å². The van der Waals surface area contributed by atoms with Crippen LogP contribution < -0.4 is 16.1 Å². The Morgan fingerprint density at radius 3 is 2.15 bits per heavy atom. The second kappa shape index (κ2) is 16.9. The number of hydroxylamine groups is 1. The lowest BCUT2D eigenvalue weighted by atomic mass is 9.94.